The SMILES string of the molecule is Cc1ccc(/C(=C/S(=O)(=O)c2ccccc2)CO[Si](C)(C)C(C)(C)C)cc1. The summed E-state index contributed by atoms with van der Waals surface area (Å²) in [4.78, 5) is 0.293. The summed E-state index contributed by atoms with van der Waals surface area (Å²) in [6.45, 7) is 13.2. The molecular weight excluding hydrogens is 372 g/mol. The molecule has 0 atom stereocenters. The molecule has 2 aromatic rings. The first-order valence-electron chi connectivity index (χ1n) is 9.14. The maximum absolute atomic E-state index is 12.9. The molecule has 0 N–H and O–H groups in total. The average molecular weight is 403 g/mol. The molecule has 0 aliphatic heterocycles. The molecule has 5 heteroatoms. The van der Waals surface area contributed by atoms with E-state index in [1.165, 1.54) is 5.41 Å². The third-order valence-electron chi connectivity index (χ3n) is 5.19. The Bertz CT molecular complexity index is 891. The van der Waals surface area contributed by atoms with Crippen LogP contribution in [0, 0.1) is 6.92 Å². The Morgan fingerprint density at radius 2 is 1.56 bits per heavy atom. The topological polar surface area (TPSA) is 43.4 Å². The van der Waals surface area contributed by atoms with Crippen molar-refractivity contribution in [2.45, 2.75) is 50.7 Å². The Morgan fingerprint density at radius 1 is 1.00 bits per heavy atom. The van der Waals surface area contributed by atoms with Gasteiger partial charge < -0.3 is 4.43 Å². The molecule has 0 amide bonds. The summed E-state index contributed by atoms with van der Waals surface area (Å²) >= 11 is 0. The Labute approximate surface area is 165 Å². The highest BCUT2D eigenvalue weighted by molar-refractivity contribution is 7.94. The molecule has 0 unspecified atom stereocenters. The third-order valence-corrected chi connectivity index (χ3v) is 11.2. The molecule has 2 rings (SSSR count). The minimum Gasteiger partial charge on any atom is -0.413 e. The second-order valence-corrected chi connectivity index (χ2v) is 15.0. The molecule has 0 saturated carbocycles. The molecule has 0 bridgehead atoms. The van der Waals surface area contributed by atoms with Crippen molar-refractivity contribution in [2.75, 3.05) is 6.61 Å². The number of sulfone groups is 1. The van der Waals surface area contributed by atoms with Crippen molar-refractivity contribution in [3.05, 3.63) is 71.1 Å². The van der Waals surface area contributed by atoms with Gasteiger partial charge in [-0.1, -0.05) is 68.8 Å². The van der Waals surface area contributed by atoms with Crippen molar-refractivity contribution in [2.24, 2.45) is 0 Å². The molecule has 2 aromatic carbocycles. The van der Waals surface area contributed by atoms with Crippen LogP contribution in [0.25, 0.3) is 5.57 Å². The lowest BCUT2D eigenvalue weighted by Crippen LogP contribution is -2.41. The van der Waals surface area contributed by atoms with Gasteiger partial charge in [0.1, 0.15) is 0 Å². The zero-order valence-corrected chi connectivity index (χ0v) is 18.9. The predicted molar refractivity (Wildman–Crippen MR) is 116 cm³/mol. The van der Waals surface area contributed by atoms with Crippen molar-refractivity contribution < 1.29 is 12.8 Å². The van der Waals surface area contributed by atoms with Crippen molar-refractivity contribution in [3.8, 4) is 0 Å². The molecule has 0 aliphatic carbocycles. The Kier molecular flexibility index (Phi) is 6.50. The van der Waals surface area contributed by atoms with Crippen molar-refractivity contribution in [1.82, 2.24) is 0 Å². The Morgan fingerprint density at radius 3 is 2.07 bits per heavy atom. The number of aryl methyl sites for hydroxylation is 1. The molecule has 0 radical (unpaired) electrons. The molecule has 0 saturated heterocycles. The van der Waals surface area contributed by atoms with Crippen LogP contribution >= 0.6 is 0 Å². The third kappa shape index (κ3) is 5.64. The zero-order valence-electron chi connectivity index (χ0n) is 17.1. The van der Waals surface area contributed by atoms with Gasteiger partial charge in [0.15, 0.2) is 18.2 Å². The Balaban J connectivity index is 2.43. The van der Waals surface area contributed by atoms with Crippen LogP contribution < -0.4 is 0 Å². The quantitative estimate of drug-likeness (QED) is 0.571. The summed E-state index contributed by atoms with van der Waals surface area (Å²) < 4.78 is 32.1. The summed E-state index contributed by atoms with van der Waals surface area (Å²) in [5, 5.41) is 1.42. The molecule has 0 aliphatic rings. The predicted octanol–water partition coefficient (Wildman–Crippen LogP) is 5.83. The van der Waals surface area contributed by atoms with Crippen LogP contribution in [-0.2, 0) is 14.3 Å². The number of rotatable bonds is 6. The first kappa shape index (κ1) is 21.6. The molecular formula is C22H30O3SSi. The van der Waals surface area contributed by atoms with Crippen LogP contribution in [0.4, 0.5) is 0 Å². The van der Waals surface area contributed by atoms with Crippen LogP contribution in [0.5, 0.6) is 0 Å². The lowest BCUT2D eigenvalue weighted by Gasteiger charge is -2.36. The van der Waals surface area contributed by atoms with E-state index in [1.807, 2.05) is 37.3 Å². The van der Waals surface area contributed by atoms with Crippen molar-refractivity contribution in [1.29, 1.82) is 0 Å². The highest BCUT2D eigenvalue weighted by Crippen LogP contribution is 2.37. The molecule has 0 fully saturated rings. The Hall–Kier alpha value is -1.69. The van der Waals surface area contributed by atoms with E-state index in [4.69, 9.17) is 4.43 Å². The largest absolute Gasteiger partial charge is 0.413 e. The molecule has 146 valence electrons. The molecule has 27 heavy (non-hydrogen) atoms. The molecule has 0 spiro atoms. The summed E-state index contributed by atoms with van der Waals surface area (Å²) in [7, 11) is -5.55. The van der Waals surface area contributed by atoms with Gasteiger partial charge in [-0.05, 0) is 48.3 Å². The van der Waals surface area contributed by atoms with E-state index in [0.29, 0.717) is 10.5 Å². The monoisotopic (exact) mass is 402 g/mol. The average Bonchev–Trinajstić information content (AvgIpc) is 2.59. The summed E-state index contributed by atoms with van der Waals surface area (Å²) in [6, 6.07) is 16.4. The zero-order chi connectivity index (χ0) is 20.3. The molecule has 0 aromatic heterocycles. The highest BCUT2D eigenvalue weighted by Gasteiger charge is 2.37. The molecule has 3 nitrogen and oxygen atoms in total. The first-order chi connectivity index (χ1) is 12.4. The van der Waals surface area contributed by atoms with Gasteiger partial charge >= 0.3 is 0 Å². The van der Waals surface area contributed by atoms with E-state index in [-0.39, 0.29) is 11.6 Å². The van der Waals surface area contributed by atoms with E-state index in [2.05, 4.69) is 33.9 Å². The maximum Gasteiger partial charge on any atom is 0.200 e. The van der Waals surface area contributed by atoms with Crippen LogP contribution in [0.2, 0.25) is 18.1 Å². The van der Waals surface area contributed by atoms with Gasteiger partial charge in [-0.3, -0.25) is 0 Å². The van der Waals surface area contributed by atoms with Gasteiger partial charge in [0.2, 0.25) is 0 Å². The standard InChI is InChI=1S/C22H30O3SSi/c1-18-12-14-19(15-13-18)20(16-25-27(5,6)22(2,3)4)17-26(23,24)21-10-8-7-9-11-21/h7-15,17H,16H2,1-6H3/b20-17+. The first-order valence-corrected chi connectivity index (χ1v) is 13.6. The number of benzene rings is 2. The maximum atomic E-state index is 12.9. The fourth-order valence-corrected chi connectivity index (χ4v) is 4.49. The fourth-order valence-electron chi connectivity index (χ4n) is 2.29. The smallest absolute Gasteiger partial charge is 0.200 e. The lowest BCUT2D eigenvalue weighted by molar-refractivity contribution is 0.334. The van der Waals surface area contributed by atoms with Crippen LogP contribution in [0.1, 0.15) is 31.9 Å². The summed E-state index contributed by atoms with van der Waals surface area (Å²) in [5.74, 6) is 0. The van der Waals surface area contributed by atoms with E-state index in [0.717, 1.165) is 11.1 Å². The number of hydrogen-bond donors (Lipinski definition) is 0. The van der Waals surface area contributed by atoms with Gasteiger partial charge in [0.05, 0.1) is 11.5 Å². The van der Waals surface area contributed by atoms with Gasteiger partial charge in [-0.15, -0.1) is 0 Å². The van der Waals surface area contributed by atoms with Crippen LogP contribution in [0.3, 0.4) is 0 Å². The van der Waals surface area contributed by atoms with Gasteiger partial charge in [-0.25, -0.2) is 8.42 Å². The lowest BCUT2D eigenvalue weighted by atomic mass is 10.1. The normalized spacial score (nSPS) is 13.6. The second-order valence-electron chi connectivity index (χ2n) is 8.42. The fraction of sp³-hybridized carbons (Fsp3) is 0.364. The van der Waals surface area contributed by atoms with Crippen molar-refractivity contribution in [3.63, 3.8) is 0 Å². The van der Waals surface area contributed by atoms with E-state index in [9.17, 15) is 8.42 Å². The van der Waals surface area contributed by atoms with Gasteiger partial charge in [-0.2, -0.15) is 0 Å². The minimum atomic E-state index is -3.55. The van der Waals surface area contributed by atoms with Crippen molar-refractivity contribution >= 4 is 23.7 Å². The van der Waals surface area contributed by atoms with Gasteiger partial charge in [0, 0.05) is 5.41 Å². The van der Waals surface area contributed by atoms with Crippen LogP contribution in [-0.4, -0.2) is 23.3 Å². The molecule has 0 heterocycles. The van der Waals surface area contributed by atoms with E-state index < -0.39 is 18.2 Å². The summed E-state index contributed by atoms with van der Waals surface area (Å²) in [5.41, 5.74) is 2.69. The number of hydrogen-bond acceptors (Lipinski definition) is 3. The summed E-state index contributed by atoms with van der Waals surface area (Å²) in [6.07, 6.45) is 0. The van der Waals surface area contributed by atoms with Crippen LogP contribution in [0.15, 0.2) is 64.9 Å². The van der Waals surface area contributed by atoms with Gasteiger partial charge in [0.25, 0.3) is 0 Å². The van der Waals surface area contributed by atoms with E-state index in [1.54, 1.807) is 24.3 Å². The van der Waals surface area contributed by atoms with E-state index >= 15 is 0 Å². The minimum absolute atomic E-state index is 0.0592. The second kappa shape index (κ2) is 8.13. The highest BCUT2D eigenvalue weighted by atomic mass is 32.2.